The molecular weight excluding hydrogens is 262 g/mol. The van der Waals surface area contributed by atoms with E-state index in [-0.39, 0.29) is 29.6 Å². The Balaban J connectivity index is 0. The van der Waals surface area contributed by atoms with Gasteiger partial charge in [0.25, 0.3) is 0 Å². The van der Waals surface area contributed by atoms with Crippen LogP contribution in [0.1, 0.15) is 65.7 Å². The third-order valence-electron chi connectivity index (χ3n) is 2.64. The predicted octanol–water partition coefficient (Wildman–Crippen LogP) is -0.389. The second kappa shape index (κ2) is 11.9. The van der Waals surface area contributed by atoms with Gasteiger partial charge in [-0.3, -0.25) is 0 Å². The van der Waals surface area contributed by atoms with Crippen LogP contribution in [-0.4, -0.2) is 6.10 Å². The molecule has 18 heavy (non-hydrogen) atoms. The van der Waals surface area contributed by atoms with Gasteiger partial charge < -0.3 is 18.9 Å². The van der Waals surface area contributed by atoms with Crippen LogP contribution in [0.25, 0.3) is 0 Å². The van der Waals surface area contributed by atoms with Gasteiger partial charge >= 0.3 is 29.6 Å². The molecule has 0 aliphatic heterocycles. The van der Waals surface area contributed by atoms with E-state index in [1.807, 2.05) is 13.8 Å². The minimum absolute atomic E-state index is 0. The maximum atomic E-state index is 10.6. The van der Waals surface area contributed by atoms with E-state index in [4.69, 9.17) is 0 Å². The molecule has 0 aromatic rings. The van der Waals surface area contributed by atoms with Gasteiger partial charge in [-0.25, -0.2) is 0 Å². The molecule has 0 saturated carbocycles. The van der Waals surface area contributed by atoms with Crippen molar-refractivity contribution < 1.29 is 48.4 Å². The van der Waals surface area contributed by atoms with Crippen molar-refractivity contribution in [3.05, 3.63) is 0 Å². The number of rotatable bonds is 10. The zero-order valence-corrected chi connectivity index (χ0v) is 15.1. The Hall–Kier alpha value is 1.11. The Morgan fingerprint density at radius 2 is 1.67 bits per heavy atom. The van der Waals surface area contributed by atoms with Crippen LogP contribution in [0.15, 0.2) is 0 Å². The van der Waals surface area contributed by atoms with E-state index < -0.39 is 13.9 Å². The molecule has 0 fully saturated rings. The summed E-state index contributed by atoms with van der Waals surface area (Å²) < 4.78 is 15.2. The summed E-state index contributed by atoms with van der Waals surface area (Å²) in [5.41, 5.74) is 0. The van der Waals surface area contributed by atoms with Gasteiger partial charge in [-0.15, -0.1) is 0 Å². The molecule has 4 nitrogen and oxygen atoms in total. The fraction of sp³-hybridized carbons (Fsp3) is 1.00. The van der Waals surface area contributed by atoms with Gasteiger partial charge in [0, 0.05) is 0 Å². The smallest absolute Gasteiger partial charge is 0.790 e. The first-order chi connectivity index (χ1) is 7.85. The van der Waals surface area contributed by atoms with Crippen LogP contribution in [0.2, 0.25) is 0 Å². The number of unbranched alkanes of at least 4 members (excludes halogenated alkanes) is 4. The number of hydrogen-bond acceptors (Lipinski definition) is 4. The molecule has 1 unspecified atom stereocenters. The van der Waals surface area contributed by atoms with Crippen LogP contribution >= 0.6 is 7.82 Å². The third kappa shape index (κ3) is 15.2. The first-order valence-electron chi connectivity index (χ1n) is 6.55. The number of phosphoric ester groups is 1. The molecule has 0 bridgehead atoms. The van der Waals surface area contributed by atoms with E-state index in [2.05, 4.69) is 11.4 Å². The van der Waals surface area contributed by atoms with E-state index in [1.165, 1.54) is 12.8 Å². The van der Waals surface area contributed by atoms with Gasteiger partial charge in [-0.2, -0.15) is 0 Å². The SMILES string of the molecule is CCCCCCCC(CC(C)C)OP(=O)([O-])[O-].[Na+]. The summed E-state index contributed by atoms with van der Waals surface area (Å²) in [7, 11) is -4.84. The van der Waals surface area contributed by atoms with Crippen LogP contribution in [0.3, 0.4) is 0 Å². The van der Waals surface area contributed by atoms with Crippen LogP contribution in [0.5, 0.6) is 0 Å². The summed E-state index contributed by atoms with van der Waals surface area (Å²) in [5, 5.41) is 0. The molecule has 104 valence electrons. The molecular formula is C12H25NaO4P-. The van der Waals surface area contributed by atoms with Crippen LogP contribution in [-0.2, 0) is 9.09 Å². The minimum Gasteiger partial charge on any atom is -0.790 e. The van der Waals surface area contributed by atoms with Crippen LogP contribution in [0, 0.1) is 5.92 Å². The number of phosphoric acid groups is 1. The zero-order chi connectivity index (χ0) is 13.3. The van der Waals surface area contributed by atoms with E-state index in [1.54, 1.807) is 0 Å². The molecule has 0 aliphatic carbocycles. The molecule has 0 aromatic carbocycles. The van der Waals surface area contributed by atoms with Crippen molar-refractivity contribution in [1.29, 1.82) is 0 Å². The van der Waals surface area contributed by atoms with Crippen molar-refractivity contribution in [3.63, 3.8) is 0 Å². The molecule has 0 spiro atoms. The quantitative estimate of drug-likeness (QED) is 0.312. The molecule has 1 atom stereocenters. The number of hydrogen-bond donors (Lipinski definition) is 0. The molecule has 0 aliphatic rings. The molecule has 0 rings (SSSR count). The van der Waals surface area contributed by atoms with E-state index in [0.717, 1.165) is 19.3 Å². The topological polar surface area (TPSA) is 72.4 Å². The minimum atomic E-state index is -4.84. The molecule has 0 heterocycles. The van der Waals surface area contributed by atoms with Crippen molar-refractivity contribution in [2.75, 3.05) is 0 Å². The summed E-state index contributed by atoms with van der Waals surface area (Å²) in [6.07, 6.45) is 6.41. The van der Waals surface area contributed by atoms with Crippen LogP contribution < -0.4 is 39.3 Å². The Morgan fingerprint density at radius 3 is 2.11 bits per heavy atom. The van der Waals surface area contributed by atoms with Gasteiger partial charge in [-0.1, -0.05) is 52.9 Å². The summed E-state index contributed by atoms with van der Waals surface area (Å²) >= 11 is 0. The van der Waals surface area contributed by atoms with Gasteiger partial charge in [0.1, 0.15) is 0 Å². The van der Waals surface area contributed by atoms with Crippen LogP contribution in [0.4, 0.5) is 0 Å². The average molecular weight is 287 g/mol. The standard InChI is InChI=1S/C12H27O4P.Na/c1-4-5-6-7-8-9-12(10-11(2)3)16-17(13,14)15;/h11-12H,4-10H2,1-3H3,(H2,13,14,15);/q;+1/p-2. The van der Waals surface area contributed by atoms with E-state index in [9.17, 15) is 14.4 Å². The molecule has 0 amide bonds. The largest absolute Gasteiger partial charge is 1.00 e. The fourth-order valence-corrected chi connectivity index (χ4v) is 2.45. The molecule has 0 radical (unpaired) electrons. The first kappa shape index (κ1) is 21.4. The summed E-state index contributed by atoms with van der Waals surface area (Å²) in [4.78, 5) is 21.2. The van der Waals surface area contributed by atoms with Gasteiger partial charge in [0.05, 0.1) is 13.9 Å². The Bertz CT molecular complexity index is 230. The monoisotopic (exact) mass is 287 g/mol. The maximum absolute atomic E-state index is 10.6. The van der Waals surface area contributed by atoms with E-state index >= 15 is 0 Å². The Morgan fingerprint density at radius 1 is 1.11 bits per heavy atom. The molecule has 0 saturated heterocycles. The van der Waals surface area contributed by atoms with Crippen molar-refractivity contribution in [2.24, 2.45) is 5.92 Å². The fourth-order valence-electron chi connectivity index (χ4n) is 1.90. The second-order valence-electron chi connectivity index (χ2n) is 5.01. The normalized spacial score (nSPS) is 13.4. The molecule has 0 N–H and O–H groups in total. The van der Waals surface area contributed by atoms with Crippen molar-refractivity contribution in [3.8, 4) is 0 Å². The zero-order valence-electron chi connectivity index (χ0n) is 12.2. The third-order valence-corrected chi connectivity index (χ3v) is 3.20. The Kier molecular flexibility index (Phi) is 14.2. The predicted molar refractivity (Wildman–Crippen MR) is 65.3 cm³/mol. The maximum Gasteiger partial charge on any atom is 1.00 e. The Labute approximate surface area is 133 Å². The van der Waals surface area contributed by atoms with E-state index in [0.29, 0.717) is 18.8 Å². The van der Waals surface area contributed by atoms with Gasteiger partial charge in [0.2, 0.25) is 0 Å². The van der Waals surface area contributed by atoms with Crippen molar-refractivity contribution in [1.82, 2.24) is 0 Å². The molecule has 6 heteroatoms. The molecule has 0 aromatic heterocycles. The summed E-state index contributed by atoms with van der Waals surface area (Å²) in [5.74, 6) is 0.335. The summed E-state index contributed by atoms with van der Waals surface area (Å²) in [6.45, 7) is 6.14. The summed E-state index contributed by atoms with van der Waals surface area (Å²) in [6, 6.07) is 0. The van der Waals surface area contributed by atoms with Gasteiger partial charge in [-0.05, 0) is 18.8 Å². The average Bonchev–Trinajstić information content (AvgIpc) is 2.13. The van der Waals surface area contributed by atoms with Gasteiger partial charge in [0.15, 0.2) is 0 Å². The first-order valence-corrected chi connectivity index (χ1v) is 8.01. The van der Waals surface area contributed by atoms with Crippen molar-refractivity contribution in [2.45, 2.75) is 71.8 Å². The van der Waals surface area contributed by atoms with Crippen molar-refractivity contribution >= 4 is 7.82 Å². The second-order valence-corrected chi connectivity index (χ2v) is 6.11.